The maximum Gasteiger partial charge on any atom is 0.244 e. The highest BCUT2D eigenvalue weighted by molar-refractivity contribution is 9.10. The van der Waals surface area contributed by atoms with Crippen molar-refractivity contribution in [2.75, 3.05) is 11.9 Å². The second kappa shape index (κ2) is 8.29. The van der Waals surface area contributed by atoms with Crippen LogP contribution < -0.4 is 10.6 Å². The van der Waals surface area contributed by atoms with Crippen LogP contribution in [0.15, 0.2) is 59.1 Å². The molecule has 2 aromatic carbocycles. The highest BCUT2D eigenvalue weighted by Gasteiger charge is 2.06. The zero-order chi connectivity index (χ0) is 16.7. The van der Waals surface area contributed by atoms with Gasteiger partial charge in [-0.2, -0.15) is 0 Å². The van der Waals surface area contributed by atoms with E-state index in [9.17, 15) is 9.59 Å². The van der Waals surface area contributed by atoms with Crippen LogP contribution in [0.5, 0.6) is 0 Å². The summed E-state index contributed by atoms with van der Waals surface area (Å²) in [6, 6.07) is 15.1. The van der Waals surface area contributed by atoms with Crippen LogP contribution in [0.2, 0.25) is 0 Å². The smallest absolute Gasteiger partial charge is 0.244 e. The second-order valence-electron chi connectivity index (χ2n) is 4.97. The maximum atomic E-state index is 11.9. The fourth-order valence-corrected chi connectivity index (χ4v) is 2.40. The first kappa shape index (κ1) is 17.0. The molecule has 0 aliphatic rings. The molecule has 0 aromatic heterocycles. The van der Waals surface area contributed by atoms with E-state index in [0.717, 1.165) is 21.3 Å². The molecule has 0 atom stereocenters. The maximum absolute atomic E-state index is 11.9. The number of amides is 2. The number of carbonyl (C=O) groups is 2. The molecular weight excluding hydrogens is 356 g/mol. The first-order valence-corrected chi connectivity index (χ1v) is 7.91. The summed E-state index contributed by atoms with van der Waals surface area (Å²) in [6.07, 6.45) is 3.11. The van der Waals surface area contributed by atoms with Crippen LogP contribution in [-0.2, 0) is 9.59 Å². The molecule has 5 heteroatoms. The molecule has 0 saturated heterocycles. The molecule has 2 amide bonds. The van der Waals surface area contributed by atoms with Gasteiger partial charge in [0.25, 0.3) is 0 Å². The van der Waals surface area contributed by atoms with Gasteiger partial charge >= 0.3 is 0 Å². The Labute approximate surface area is 143 Å². The Kier molecular flexibility index (Phi) is 6.11. The standard InChI is InChI=1S/C18H17BrN2O2/c1-13-11-15(19)8-9-16(13)21-18(23)12-20-17(22)10-7-14-5-3-2-4-6-14/h2-11H,12H2,1H3,(H,20,22)(H,21,23)/b10-7-. The van der Waals surface area contributed by atoms with E-state index in [-0.39, 0.29) is 18.4 Å². The minimum absolute atomic E-state index is 0.0759. The molecule has 0 heterocycles. The van der Waals surface area contributed by atoms with Crippen molar-refractivity contribution in [3.05, 3.63) is 70.2 Å². The third-order valence-electron chi connectivity index (χ3n) is 3.11. The van der Waals surface area contributed by atoms with Crippen LogP contribution in [0.25, 0.3) is 6.08 Å². The van der Waals surface area contributed by atoms with Crippen molar-refractivity contribution in [1.82, 2.24) is 5.32 Å². The van der Waals surface area contributed by atoms with Gasteiger partial charge in [0.05, 0.1) is 6.54 Å². The monoisotopic (exact) mass is 372 g/mol. The van der Waals surface area contributed by atoms with Gasteiger partial charge in [0.15, 0.2) is 0 Å². The Balaban J connectivity index is 1.82. The number of halogens is 1. The van der Waals surface area contributed by atoms with Gasteiger partial charge in [-0.15, -0.1) is 0 Å². The topological polar surface area (TPSA) is 58.2 Å². The third-order valence-corrected chi connectivity index (χ3v) is 3.61. The summed E-state index contributed by atoms with van der Waals surface area (Å²) in [5, 5.41) is 5.32. The molecule has 0 fully saturated rings. The van der Waals surface area contributed by atoms with Crippen LogP contribution in [-0.4, -0.2) is 18.4 Å². The Morgan fingerprint density at radius 2 is 1.87 bits per heavy atom. The predicted octanol–water partition coefficient (Wildman–Crippen LogP) is 3.53. The number of carbonyl (C=O) groups excluding carboxylic acids is 2. The number of hydrogen-bond donors (Lipinski definition) is 2. The number of rotatable bonds is 5. The lowest BCUT2D eigenvalue weighted by molar-refractivity contribution is -0.121. The van der Waals surface area contributed by atoms with E-state index in [1.807, 2.05) is 55.5 Å². The summed E-state index contributed by atoms with van der Waals surface area (Å²) in [5.74, 6) is -0.576. The lowest BCUT2D eigenvalue weighted by atomic mass is 10.2. The number of anilines is 1. The van der Waals surface area contributed by atoms with Crippen LogP contribution in [0.4, 0.5) is 5.69 Å². The Morgan fingerprint density at radius 1 is 1.13 bits per heavy atom. The van der Waals surface area contributed by atoms with E-state index in [4.69, 9.17) is 0 Å². The number of aryl methyl sites for hydroxylation is 1. The largest absolute Gasteiger partial charge is 0.343 e. The summed E-state index contributed by atoms with van der Waals surface area (Å²) in [6.45, 7) is 1.83. The molecule has 0 bridgehead atoms. The third kappa shape index (κ3) is 5.71. The summed E-state index contributed by atoms with van der Waals surface area (Å²) < 4.78 is 0.951. The summed E-state index contributed by atoms with van der Waals surface area (Å²) in [5.41, 5.74) is 2.60. The van der Waals surface area contributed by atoms with Crippen LogP contribution in [0.3, 0.4) is 0 Å². The molecule has 118 valence electrons. The average molecular weight is 373 g/mol. The van der Waals surface area contributed by atoms with Crippen molar-refractivity contribution in [2.24, 2.45) is 0 Å². The molecule has 0 unspecified atom stereocenters. The molecule has 23 heavy (non-hydrogen) atoms. The quantitative estimate of drug-likeness (QED) is 0.788. The van der Waals surface area contributed by atoms with E-state index in [0.29, 0.717) is 0 Å². The van der Waals surface area contributed by atoms with Gasteiger partial charge in [-0.25, -0.2) is 0 Å². The Morgan fingerprint density at radius 3 is 2.57 bits per heavy atom. The highest BCUT2D eigenvalue weighted by atomic mass is 79.9. The lowest BCUT2D eigenvalue weighted by Gasteiger charge is -2.09. The van der Waals surface area contributed by atoms with Crippen LogP contribution in [0, 0.1) is 6.92 Å². The minimum Gasteiger partial charge on any atom is -0.343 e. The Bertz CT molecular complexity index is 727. The van der Waals surface area contributed by atoms with Gasteiger partial charge in [0.2, 0.25) is 11.8 Å². The normalized spacial score (nSPS) is 10.5. The summed E-state index contributed by atoms with van der Waals surface area (Å²) in [7, 11) is 0. The van der Waals surface area contributed by atoms with Gasteiger partial charge in [-0.3, -0.25) is 9.59 Å². The highest BCUT2D eigenvalue weighted by Crippen LogP contribution is 2.19. The molecular formula is C18H17BrN2O2. The molecule has 0 spiro atoms. The molecule has 2 aromatic rings. The molecule has 0 aliphatic carbocycles. The van der Waals surface area contributed by atoms with Crippen molar-refractivity contribution in [3.63, 3.8) is 0 Å². The first-order chi connectivity index (χ1) is 11.0. The fourth-order valence-electron chi connectivity index (χ4n) is 1.92. The zero-order valence-electron chi connectivity index (χ0n) is 12.7. The number of nitrogens with one attached hydrogen (secondary N) is 2. The lowest BCUT2D eigenvalue weighted by Crippen LogP contribution is -2.31. The van der Waals surface area contributed by atoms with E-state index >= 15 is 0 Å². The number of hydrogen-bond acceptors (Lipinski definition) is 2. The molecule has 4 nitrogen and oxygen atoms in total. The van der Waals surface area contributed by atoms with Crippen molar-refractivity contribution < 1.29 is 9.59 Å². The van der Waals surface area contributed by atoms with Crippen molar-refractivity contribution in [1.29, 1.82) is 0 Å². The molecule has 0 saturated carbocycles. The van der Waals surface area contributed by atoms with Gasteiger partial charge in [-0.1, -0.05) is 46.3 Å². The second-order valence-corrected chi connectivity index (χ2v) is 5.88. The SMILES string of the molecule is Cc1cc(Br)ccc1NC(=O)CNC(=O)/C=C\c1ccccc1. The van der Waals surface area contributed by atoms with E-state index in [1.54, 1.807) is 6.08 Å². The number of benzene rings is 2. The predicted molar refractivity (Wildman–Crippen MR) is 96.0 cm³/mol. The van der Waals surface area contributed by atoms with E-state index in [1.165, 1.54) is 6.08 Å². The van der Waals surface area contributed by atoms with E-state index < -0.39 is 0 Å². The van der Waals surface area contributed by atoms with Crippen molar-refractivity contribution in [2.45, 2.75) is 6.92 Å². The summed E-state index contributed by atoms with van der Waals surface area (Å²) in [4.78, 5) is 23.6. The van der Waals surface area contributed by atoms with Crippen LogP contribution in [0.1, 0.15) is 11.1 Å². The van der Waals surface area contributed by atoms with Crippen LogP contribution >= 0.6 is 15.9 Å². The van der Waals surface area contributed by atoms with Gasteiger partial charge < -0.3 is 10.6 Å². The van der Waals surface area contributed by atoms with Crippen molar-refractivity contribution >= 4 is 39.5 Å². The Hall–Kier alpha value is -2.40. The fraction of sp³-hybridized carbons (Fsp3) is 0.111. The van der Waals surface area contributed by atoms with Gasteiger partial charge in [0.1, 0.15) is 0 Å². The molecule has 2 rings (SSSR count). The molecule has 0 radical (unpaired) electrons. The molecule has 2 N–H and O–H groups in total. The van der Waals surface area contributed by atoms with E-state index in [2.05, 4.69) is 26.6 Å². The van der Waals surface area contributed by atoms with Gasteiger partial charge in [-0.05, 0) is 42.3 Å². The molecule has 0 aliphatic heterocycles. The average Bonchev–Trinajstić information content (AvgIpc) is 2.54. The first-order valence-electron chi connectivity index (χ1n) is 7.11. The zero-order valence-corrected chi connectivity index (χ0v) is 14.3. The minimum atomic E-state index is -0.309. The summed E-state index contributed by atoms with van der Waals surface area (Å²) >= 11 is 3.37. The van der Waals surface area contributed by atoms with Crippen molar-refractivity contribution in [3.8, 4) is 0 Å². The van der Waals surface area contributed by atoms with Gasteiger partial charge in [0, 0.05) is 16.2 Å².